The first kappa shape index (κ1) is 13.4. The van der Waals surface area contributed by atoms with Gasteiger partial charge in [-0.2, -0.15) is 11.8 Å². The number of hydrogen-bond acceptors (Lipinski definition) is 3. The van der Waals surface area contributed by atoms with Crippen LogP contribution in [0.15, 0.2) is 18.2 Å². The second-order valence-corrected chi connectivity index (χ2v) is 5.94. The number of thioether (sulfide) groups is 1. The predicted octanol–water partition coefficient (Wildman–Crippen LogP) is 2.19. The second kappa shape index (κ2) is 6.25. The first-order valence-corrected chi connectivity index (χ1v) is 7.46. The molecule has 2 N–H and O–H groups in total. The molecule has 0 bridgehead atoms. The molecule has 0 spiro atoms. The summed E-state index contributed by atoms with van der Waals surface area (Å²) in [6.45, 7) is 6.29. The van der Waals surface area contributed by atoms with Gasteiger partial charge in [0.2, 0.25) is 5.91 Å². The zero-order valence-corrected chi connectivity index (χ0v) is 11.8. The van der Waals surface area contributed by atoms with Gasteiger partial charge >= 0.3 is 0 Å². The number of carbonyl (C=O) groups excluding carboxylic acids is 1. The zero-order valence-electron chi connectivity index (χ0n) is 11.0. The highest BCUT2D eigenvalue weighted by Gasteiger charge is 2.16. The Kier molecular flexibility index (Phi) is 4.66. The number of amides is 1. The van der Waals surface area contributed by atoms with Gasteiger partial charge in [0.1, 0.15) is 0 Å². The normalized spacial score (nSPS) is 15.2. The van der Waals surface area contributed by atoms with Gasteiger partial charge < -0.3 is 10.6 Å². The van der Waals surface area contributed by atoms with E-state index in [1.54, 1.807) is 11.8 Å². The maximum Gasteiger partial charge on any atom is 0.234 e. The van der Waals surface area contributed by atoms with E-state index >= 15 is 0 Å². The number of anilines is 1. The van der Waals surface area contributed by atoms with Crippen molar-refractivity contribution in [1.29, 1.82) is 0 Å². The third-order valence-electron chi connectivity index (χ3n) is 3.11. The van der Waals surface area contributed by atoms with E-state index in [-0.39, 0.29) is 5.91 Å². The standard InChI is InChI=1S/C14H20N2OS/c1-10-3-4-13(11(2)5-10)16-14(17)9-18-8-12-6-15-7-12/h3-5,12,15H,6-9H2,1-2H3,(H,16,17). The van der Waals surface area contributed by atoms with Crippen molar-refractivity contribution in [2.75, 3.05) is 29.9 Å². The van der Waals surface area contributed by atoms with Crippen LogP contribution in [0.25, 0.3) is 0 Å². The molecule has 2 rings (SSSR count). The van der Waals surface area contributed by atoms with E-state index in [2.05, 4.69) is 23.6 Å². The summed E-state index contributed by atoms with van der Waals surface area (Å²) in [5.74, 6) is 2.47. The molecule has 1 aliphatic heterocycles. The van der Waals surface area contributed by atoms with Crippen molar-refractivity contribution in [3.05, 3.63) is 29.3 Å². The lowest BCUT2D eigenvalue weighted by atomic mass is 10.1. The minimum absolute atomic E-state index is 0.0965. The zero-order chi connectivity index (χ0) is 13.0. The van der Waals surface area contributed by atoms with Crippen LogP contribution in [0.1, 0.15) is 11.1 Å². The number of aryl methyl sites for hydroxylation is 2. The molecule has 1 amide bonds. The molecule has 1 aromatic carbocycles. The molecule has 1 fully saturated rings. The molecule has 18 heavy (non-hydrogen) atoms. The van der Waals surface area contributed by atoms with Crippen molar-refractivity contribution in [1.82, 2.24) is 5.32 Å². The lowest BCUT2D eigenvalue weighted by Gasteiger charge is -2.26. The van der Waals surface area contributed by atoms with Crippen molar-refractivity contribution in [3.8, 4) is 0 Å². The molecular formula is C14H20N2OS. The molecule has 98 valence electrons. The van der Waals surface area contributed by atoms with Gasteiger partial charge in [-0.25, -0.2) is 0 Å². The summed E-state index contributed by atoms with van der Waals surface area (Å²) in [4.78, 5) is 11.8. The fraction of sp³-hybridized carbons (Fsp3) is 0.500. The first-order chi connectivity index (χ1) is 8.65. The highest BCUT2D eigenvalue weighted by molar-refractivity contribution is 7.99. The van der Waals surface area contributed by atoms with Gasteiger partial charge in [0.15, 0.2) is 0 Å². The number of carbonyl (C=O) groups is 1. The van der Waals surface area contributed by atoms with Crippen LogP contribution in [0.2, 0.25) is 0 Å². The van der Waals surface area contributed by atoms with Crippen molar-refractivity contribution in [2.24, 2.45) is 5.92 Å². The van der Waals surface area contributed by atoms with E-state index in [0.29, 0.717) is 5.75 Å². The predicted molar refractivity (Wildman–Crippen MR) is 78.2 cm³/mol. The fourth-order valence-electron chi connectivity index (χ4n) is 1.92. The van der Waals surface area contributed by atoms with Crippen LogP contribution in [0.5, 0.6) is 0 Å². The summed E-state index contributed by atoms with van der Waals surface area (Å²) in [6, 6.07) is 6.08. The third-order valence-corrected chi connectivity index (χ3v) is 4.28. The van der Waals surface area contributed by atoms with Crippen molar-refractivity contribution < 1.29 is 4.79 Å². The number of hydrogen-bond donors (Lipinski definition) is 2. The largest absolute Gasteiger partial charge is 0.325 e. The van der Waals surface area contributed by atoms with Crippen LogP contribution in [-0.4, -0.2) is 30.5 Å². The summed E-state index contributed by atoms with van der Waals surface area (Å²) < 4.78 is 0. The Labute approximate surface area is 113 Å². The molecule has 4 heteroatoms. The molecule has 1 aromatic rings. The minimum atomic E-state index is 0.0965. The topological polar surface area (TPSA) is 41.1 Å². The summed E-state index contributed by atoms with van der Waals surface area (Å²) in [5.41, 5.74) is 3.27. The van der Waals surface area contributed by atoms with Gasteiger partial charge in [0.25, 0.3) is 0 Å². The molecule has 0 aromatic heterocycles. The van der Waals surface area contributed by atoms with Crippen molar-refractivity contribution >= 4 is 23.4 Å². The van der Waals surface area contributed by atoms with Crippen LogP contribution in [0.4, 0.5) is 5.69 Å². The molecule has 0 aliphatic carbocycles. The Balaban J connectivity index is 1.75. The van der Waals surface area contributed by atoms with E-state index in [9.17, 15) is 4.79 Å². The van der Waals surface area contributed by atoms with Crippen LogP contribution < -0.4 is 10.6 Å². The first-order valence-electron chi connectivity index (χ1n) is 6.30. The van der Waals surface area contributed by atoms with Crippen LogP contribution in [0.3, 0.4) is 0 Å². The van der Waals surface area contributed by atoms with Crippen molar-refractivity contribution in [2.45, 2.75) is 13.8 Å². The minimum Gasteiger partial charge on any atom is -0.325 e. The monoisotopic (exact) mass is 264 g/mol. The van der Waals surface area contributed by atoms with Gasteiger partial charge in [0, 0.05) is 5.69 Å². The Morgan fingerprint density at radius 3 is 2.83 bits per heavy atom. The lowest BCUT2D eigenvalue weighted by Crippen LogP contribution is -2.43. The Morgan fingerprint density at radius 2 is 2.22 bits per heavy atom. The third kappa shape index (κ3) is 3.75. The maximum absolute atomic E-state index is 11.8. The molecule has 0 saturated carbocycles. The molecule has 0 atom stereocenters. The summed E-state index contributed by atoms with van der Waals surface area (Å²) >= 11 is 1.72. The fourth-order valence-corrected chi connectivity index (χ4v) is 2.87. The highest BCUT2D eigenvalue weighted by Crippen LogP contribution is 2.17. The van der Waals surface area contributed by atoms with E-state index in [1.165, 1.54) is 5.56 Å². The molecule has 0 unspecified atom stereocenters. The quantitative estimate of drug-likeness (QED) is 0.856. The summed E-state index contributed by atoms with van der Waals surface area (Å²) in [6.07, 6.45) is 0. The van der Waals surface area contributed by atoms with Gasteiger partial charge in [-0.3, -0.25) is 4.79 Å². The van der Waals surface area contributed by atoms with Gasteiger partial charge in [-0.1, -0.05) is 17.7 Å². The average Bonchev–Trinajstić information content (AvgIpc) is 2.26. The summed E-state index contributed by atoms with van der Waals surface area (Å²) in [7, 11) is 0. The van der Waals surface area contributed by atoms with E-state index in [4.69, 9.17) is 0 Å². The van der Waals surface area contributed by atoms with Crippen molar-refractivity contribution in [3.63, 3.8) is 0 Å². The molecule has 1 aliphatic rings. The van der Waals surface area contributed by atoms with Crippen LogP contribution in [-0.2, 0) is 4.79 Å². The molecule has 1 saturated heterocycles. The van der Waals surface area contributed by atoms with E-state index in [0.717, 1.165) is 36.0 Å². The van der Waals surface area contributed by atoms with Crippen LogP contribution in [0, 0.1) is 19.8 Å². The average molecular weight is 264 g/mol. The van der Waals surface area contributed by atoms with Crippen LogP contribution >= 0.6 is 11.8 Å². The van der Waals surface area contributed by atoms with Gasteiger partial charge in [-0.05, 0) is 50.2 Å². The van der Waals surface area contributed by atoms with Gasteiger partial charge in [-0.15, -0.1) is 0 Å². The van der Waals surface area contributed by atoms with E-state index < -0.39 is 0 Å². The lowest BCUT2D eigenvalue weighted by molar-refractivity contribution is -0.113. The summed E-state index contributed by atoms with van der Waals surface area (Å²) in [5, 5.41) is 6.21. The molecule has 3 nitrogen and oxygen atoms in total. The second-order valence-electron chi connectivity index (χ2n) is 4.91. The smallest absolute Gasteiger partial charge is 0.234 e. The molecule has 0 radical (unpaired) electrons. The Bertz CT molecular complexity index is 430. The number of rotatable bonds is 5. The maximum atomic E-state index is 11.8. The molecular weight excluding hydrogens is 244 g/mol. The highest BCUT2D eigenvalue weighted by atomic mass is 32.2. The molecule has 1 heterocycles. The van der Waals surface area contributed by atoms with Gasteiger partial charge in [0.05, 0.1) is 5.75 Å². The Morgan fingerprint density at radius 1 is 1.44 bits per heavy atom. The van der Waals surface area contributed by atoms with E-state index in [1.807, 2.05) is 19.1 Å². The Hall–Kier alpha value is -1.00. The number of benzene rings is 1. The SMILES string of the molecule is Cc1ccc(NC(=O)CSCC2CNC2)c(C)c1. The number of nitrogens with one attached hydrogen (secondary N) is 2.